The number of pyridine rings is 1. The Morgan fingerprint density at radius 2 is 1.94 bits per heavy atom. The Balaban J connectivity index is 1.42. The first-order valence-electron chi connectivity index (χ1n) is 10.1. The molecule has 0 atom stereocenters. The van der Waals surface area contributed by atoms with E-state index in [2.05, 4.69) is 14.7 Å². The topological polar surface area (TPSA) is 81.3 Å². The van der Waals surface area contributed by atoms with Gasteiger partial charge in [0.1, 0.15) is 11.6 Å². The standard InChI is InChI=1S/C23H16F4N4O2S/c24-17-3-2-15(33-23(25,26)27)7-14(17)11-31-6-5-18-16(21(31)32)8-13(10-29-18)12-1-4-19-20(9-12)34-22(28)30-19/h1-4,7-10H,5-6,11H2,(H2,28,30). The molecule has 34 heavy (non-hydrogen) atoms. The molecule has 1 amide bonds. The summed E-state index contributed by atoms with van der Waals surface area (Å²) in [6, 6.07) is 10.1. The Kier molecular flexibility index (Phi) is 5.35. The number of ether oxygens (including phenoxy) is 1. The summed E-state index contributed by atoms with van der Waals surface area (Å²) in [4.78, 5) is 23.2. The van der Waals surface area contributed by atoms with E-state index in [4.69, 9.17) is 5.73 Å². The maximum absolute atomic E-state index is 14.3. The number of anilines is 1. The molecule has 11 heteroatoms. The molecule has 0 saturated carbocycles. The summed E-state index contributed by atoms with van der Waals surface area (Å²) in [5.74, 6) is -1.64. The maximum atomic E-state index is 14.3. The molecule has 2 aromatic carbocycles. The number of aromatic nitrogens is 2. The van der Waals surface area contributed by atoms with Gasteiger partial charge in [0.2, 0.25) is 0 Å². The van der Waals surface area contributed by atoms with E-state index < -0.39 is 17.9 Å². The van der Waals surface area contributed by atoms with E-state index in [-0.39, 0.29) is 24.6 Å². The Hall–Kier alpha value is -3.73. The van der Waals surface area contributed by atoms with E-state index >= 15 is 0 Å². The molecule has 4 aromatic rings. The lowest BCUT2D eigenvalue weighted by Gasteiger charge is -2.28. The van der Waals surface area contributed by atoms with Crippen LogP contribution in [0.15, 0.2) is 48.7 Å². The van der Waals surface area contributed by atoms with E-state index in [1.807, 2.05) is 18.2 Å². The lowest BCUT2D eigenvalue weighted by atomic mass is 9.99. The average Bonchev–Trinajstić information content (AvgIpc) is 3.16. The van der Waals surface area contributed by atoms with Gasteiger partial charge in [-0.05, 0) is 42.0 Å². The highest BCUT2D eigenvalue weighted by molar-refractivity contribution is 7.22. The number of amides is 1. The molecule has 0 aliphatic carbocycles. The smallest absolute Gasteiger partial charge is 0.406 e. The van der Waals surface area contributed by atoms with Crippen molar-refractivity contribution < 1.29 is 27.1 Å². The highest BCUT2D eigenvalue weighted by atomic mass is 32.1. The van der Waals surface area contributed by atoms with Crippen molar-refractivity contribution in [1.29, 1.82) is 0 Å². The Labute approximate surface area is 194 Å². The van der Waals surface area contributed by atoms with Crippen LogP contribution in [0.3, 0.4) is 0 Å². The molecule has 0 bridgehead atoms. The highest BCUT2D eigenvalue weighted by Crippen LogP contribution is 2.31. The van der Waals surface area contributed by atoms with Crippen molar-refractivity contribution in [2.24, 2.45) is 0 Å². The lowest BCUT2D eigenvalue weighted by molar-refractivity contribution is -0.274. The van der Waals surface area contributed by atoms with Crippen molar-refractivity contribution in [2.75, 3.05) is 12.3 Å². The molecule has 0 saturated heterocycles. The highest BCUT2D eigenvalue weighted by Gasteiger charge is 2.32. The molecule has 2 N–H and O–H groups in total. The molecular weight excluding hydrogens is 472 g/mol. The van der Waals surface area contributed by atoms with E-state index in [1.165, 1.54) is 16.2 Å². The van der Waals surface area contributed by atoms with Gasteiger partial charge in [0.05, 0.1) is 21.5 Å². The summed E-state index contributed by atoms with van der Waals surface area (Å²) in [6.07, 6.45) is -2.78. The lowest BCUT2D eigenvalue weighted by Crippen LogP contribution is -2.37. The number of hydrogen-bond donors (Lipinski definition) is 1. The molecular formula is C23H16F4N4O2S. The molecule has 5 rings (SSSR count). The summed E-state index contributed by atoms with van der Waals surface area (Å²) in [5, 5.41) is 0.457. The van der Waals surface area contributed by atoms with Crippen molar-refractivity contribution in [3.05, 3.63) is 71.3 Å². The molecule has 1 aliphatic rings. The number of benzene rings is 2. The summed E-state index contributed by atoms with van der Waals surface area (Å²) in [5.41, 5.74) is 9.01. The SMILES string of the molecule is Nc1nc2ccc(-c3cnc4c(c3)C(=O)N(Cc3cc(OC(F)(F)F)ccc3F)CC4)cc2s1. The van der Waals surface area contributed by atoms with Crippen LogP contribution in [0, 0.1) is 5.82 Å². The molecule has 2 aromatic heterocycles. The summed E-state index contributed by atoms with van der Waals surface area (Å²) in [7, 11) is 0. The number of carbonyl (C=O) groups is 1. The van der Waals surface area contributed by atoms with Crippen molar-refractivity contribution in [3.63, 3.8) is 0 Å². The zero-order valence-electron chi connectivity index (χ0n) is 17.4. The zero-order valence-corrected chi connectivity index (χ0v) is 18.2. The van der Waals surface area contributed by atoms with Gasteiger partial charge in [-0.15, -0.1) is 13.2 Å². The molecule has 0 radical (unpaired) electrons. The fraction of sp³-hybridized carbons (Fsp3) is 0.174. The van der Waals surface area contributed by atoms with Gasteiger partial charge in [-0.25, -0.2) is 9.37 Å². The number of fused-ring (bicyclic) bond motifs is 2. The monoisotopic (exact) mass is 488 g/mol. The Bertz CT molecular complexity index is 1420. The zero-order chi connectivity index (χ0) is 24.0. The third-order valence-corrected chi connectivity index (χ3v) is 6.30. The minimum atomic E-state index is -4.90. The van der Waals surface area contributed by atoms with Gasteiger partial charge in [0.15, 0.2) is 5.13 Å². The summed E-state index contributed by atoms with van der Waals surface area (Å²) < 4.78 is 56.7. The number of thiazole rings is 1. The first-order chi connectivity index (χ1) is 16.2. The van der Waals surface area contributed by atoms with Gasteiger partial charge in [-0.2, -0.15) is 0 Å². The predicted octanol–water partition coefficient (Wildman–Crippen LogP) is 5.18. The van der Waals surface area contributed by atoms with Crippen LogP contribution in [0.5, 0.6) is 5.75 Å². The molecule has 3 heterocycles. The number of halogens is 4. The van der Waals surface area contributed by atoms with Crippen LogP contribution in [0.1, 0.15) is 21.6 Å². The fourth-order valence-corrected chi connectivity index (χ4v) is 4.67. The first kappa shape index (κ1) is 22.1. The average molecular weight is 488 g/mol. The molecule has 0 fully saturated rings. The van der Waals surface area contributed by atoms with E-state index in [0.29, 0.717) is 22.8 Å². The Morgan fingerprint density at radius 3 is 2.74 bits per heavy atom. The minimum absolute atomic E-state index is 0.0732. The van der Waals surface area contributed by atoms with Crippen molar-refractivity contribution in [1.82, 2.24) is 14.9 Å². The number of nitrogens with two attached hydrogens (primary N) is 1. The third kappa shape index (κ3) is 4.38. The quantitative estimate of drug-likeness (QED) is 0.401. The summed E-state index contributed by atoms with van der Waals surface area (Å²) in [6.45, 7) is 0.0591. The van der Waals surface area contributed by atoms with Crippen LogP contribution in [-0.2, 0) is 13.0 Å². The molecule has 0 spiro atoms. The van der Waals surface area contributed by atoms with Crippen LogP contribution < -0.4 is 10.5 Å². The molecule has 1 aliphatic heterocycles. The van der Waals surface area contributed by atoms with Crippen LogP contribution in [0.25, 0.3) is 21.3 Å². The minimum Gasteiger partial charge on any atom is -0.406 e. The number of nitrogens with zero attached hydrogens (tertiary/aromatic N) is 3. The van der Waals surface area contributed by atoms with Crippen molar-refractivity contribution in [2.45, 2.75) is 19.3 Å². The number of hydrogen-bond acceptors (Lipinski definition) is 6. The van der Waals surface area contributed by atoms with Crippen molar-refractivity contribution in [3.8, 4) is 16.9 Å². The largest absolute Gasteiger partial charge is 0.573 e. The molecule has 6 nitrogen and oxygen atoms in total. The normalized spacial score (nSPS) is 13.9. The second-order valence-corrected chi connectivity index (χ2v) is 8.79. The van der Waals surface area contributed by atoms with E-state index in [0.717, 1.165) is 39.5 Å². The number of nitrogen functional groups attached to an aromatic ring is 1. The van der Waals surface area contributed by atoms with Crippen LogP contribution >= 0.6 is 11.3 Å². The second-order valence-electron chi connectivity index (χ2n) is 7.73. The Morgan fingerprint density at radius 1 is 1.12 bits per heavy atom. The van der Waals surface area contributed by atoms with Gasteiger partial charge in [0.25, 0.3) is 5.91 Å². The van der Waals surface area contributed by atoms with Gasteiger partial charge in [-0.3, -0.25) is 9.78 Å². The van der Waals surface area contributed by atoms with Crippen LogP contribution in [0.4, 0.5) is 22.7 Å². The number of rotatable bonds is 4. The van der Waals surface area contributed by atoms with Crippen LogP contribution in [-0.4, -0.2) is 33.7 Å². The fourth-order valence-electron chi connectivity index (χ4n) is 3.90. The van der Waals surface area contributed by atoms with Gasteiger partial charge < -0.3 is 15.4 Å². The van der Waals surface area contributed by atoms with Crippen LogP contribution in [0.2, 0.25) is 0 Å². The predicted molar refractivity (Wildman–Crippen MR) is 119 cm³/mol. The second kappa shape index (κ2) is 8.24. The summed E-state index contributed by atoms with van der Waals surface area (Å²) >= 11 is 1.35. The first-order valence-corrected chi connectivity index (χ1v) is 11.0. The maximum Gasteiger partial charge on any atom is 0.573 e. The van der Waals surface area contributed by atoms with Gasteiger partial charge >= 0.3 is 6.36 Å². The van der Waals surface area contributed by atoms with E-state index in [9.17, 15) is 22.4 Å². The third-order valence-electron chi connectivity index (χ3n) is 5.46. The van der Waals surface area contributed by atoms with Gasteiger partial charge in [-0.1, -0.05) is 17.4 Å². The van der Waals surface area contributed by atoms with Crippen molar-refractivity contribution >= 4 is 32.6 Å². The number of alkyl halides is 3. The molecule has 0 unspecified atom stereocenters. The molecule has 174 valence electrons. The van der Waals surface area contributed by atoms with E-state index in [1.54, 1.807) is 12.3 Å². The number of carbonyl (C=O) groups excluding carboxylic acids is 1. The van der Waals surface area contributed by atoms with Gasteiger partial charge in [0, 0.05) is 36.8 Å².